The fraction of sp³-hybridized carbons (Fsp3) is 0.222. The molecule has 7 heteroatoms. The summed E-state index contributed by atoms with van der Waals surface area (Å²) in [6.45, 7) is 1.86. The molecule has 1 unspecified atom stereocenters. The van der Waals surface area contributed by atoms with E-state index in [9.17, 15) is 4.79 Å². The molecule has 1 aromatic heterocycles. The number of methoxy groups -OCH3 is 1. The Balaban J connectivity index is 1.71. The van der Waals surface area contributed by atoms with Crippen LogP contribution in [0, 0.1) is 0 Å². The molecule has 0 aliphatic rings. The van der Waals surface area contributed by atoms with Gasteiger partial charge in [-0.1, -0.05) is 23.4 Å². The van der Waals surface area contributed by atoms with Gasteiger partial charge in [0.2, 0.25) is 5.91 Å². The van der Waals surface area contributed by atoms with Gasteiger partial charge in [-0.3, -0.25) is 4.79 Å². The van der Waals surface area contributed by atoms with E-state index in [4.69, 9.17) is 16.3 Å². The molecule has 1 amide bonds. The number of carbonyl (C=O) groups excluding carboxylic acids is 1. The number of nitrogens with one attached hydrogen (secondary N) is 1. The van der Waals surface area contributed by atoms with Gasteiger partial charge in [-0.25, -0.2) is 4.98 Å². The summed E-state index contributed by atoms with van der Waals surface area (Å²) in [7, 11) is 3.54. The van der Waals surface area contributed by atoms with Crippen LogP contribution in [-0.2, 0) is 11.8 Å². The molecule has 0 saturated carbocycles. The van der Waals surface area contributed by atoms with Crippen LogP contribution in [0.3, 0.4) is 0 Å². The van der Waals surface area contributed by atoms with Crippen molar-refractivity contribution in [1.29, 1.82) is 0 Å². The highest BCUT2D eigenvalue weighted by Gasteiger charge is 2.18. The molecular formula is C18H18ClN3O2S. The van der Waals surface area contributed by atoms with Gasteiger partial charge >= 0.3 is 0 Å². The summed E-state index contributed by atoms with van der Waals surface area (Å²) in [6.07, 6.45) is 0. The number of ether oxygens (including phenoxy) is 1. The van der Waals surface area contributed by atoms with E-state index in [-0.39, 0.29) is 11.2 Å². The molecule has 0 aliphatic heterocycles. The van der Waals surface area contributed by atoms with E-state index in [2.05, 4.69) is 10.3 Å². The molecule has 0 radical (unpaired) electrons. The van der Waals surface area contributed by atoms with Crippen LogP contribution in [0.1, 0.15) is 6.92 Å². The van der Waals surface area contributed by atoms with E-state index in [1.54, 1.807) is 7.11 Å². The normalized spacial score (nSPS) is 12.2. The largest absolute Gasteiger partial charge is 0.497 e. The van der Waals surface area contributed by atoms with Crippen LogP contribution in [0.25, 0.3) is 11.0 Å². The van der Waals surface area contributed by atoms with Gasteiger partial charge in [-0.2, -0.15) is 0 Å². The van der Waals surface area contributed by atoms with E-state index in [1.807, 2.05) is 61.0 Å². The first-order valence-corrected chi connectivity index (χ1v) is 8.97. The van der Waals surface area contributed by atoms with Gasteiger partial charge in [-0.15, -0.1) is 0 Å². The molecule has 2 aromatic carbocycles. The zero-order valence-corrected chi connectivity index (χ0v) is 15.7. The molecule has 0 bridgehead atoms. The Morgan fingerprint density at radius 2 is 2.00 bits per heavy atom. The van der Waals surface area contributed by atoms with Crippen molar-refractivity contribution in [3.05, 3.63) is 47.5 Å². The molecular weight excluding hydrogens is 358 g/mol. The van der Waals surface area contributed by atoms with E-state index in [0.29, 0.717) is 5.02 Å². The topological polar surface area (TPSA) is 56.1 Å². The lowest BCUT2D eigenvalue weighted by atomic mass is 10.3. The monoisotopic (exact) mass is 375 g/mol. The zero-order chi connectivity index (χ0) is 18.0. The van der Waals surface area contributed by atoms with Crippen LogP contribution in [0.4, 0.5) is 5.69 Å². The van der Waals surface area contributed by atoms with Crippen LogP contribution >= 0.6 is 23.4 Å². The number of halogens is 1. The SMILES string of the molecule is COc1ccc(NC(=O)C(C)Sc2nc3cc(Cl)ccc3n2C)cc1. The number of carbonyl (C=O) groups is 1. The summed E-state index contributed by atoms with van der Waals surface area (Å²) in [5, 5.41) is 4.02. The molecule has 25 heavy (non-hydrogen) atoms. The minimum Gasteiger partial charge on any atom is -0.497 e. The highest BCUT2D eigenvalue weighted by Crippen LogP contribution is 2.28. The second-order valence-electron chi connectivity index (χ2n) is 5.56. The highest BCUT2D eigenvalue weighted by molar-refractivity contribution is 8.00. The summed E-state index contributed by atoms with van der Waals surface area (Å²) >= 11 is 7.43. The molecule has 0 spiro atoms. The molecule has 1 heterocycles. The number of hydrogen-bond donors (Lipinski definition) is 1. The fourth-order valence-electron chi connectivity index (χ4n) is 2.39. The number of fused-ring (bicyclic) bond motifs is 1. The van der Waals surface area contributed by atoms with Crippen LogP contribution < -0.4 is 10.1 Å². The predicted molar refractivity (Wildman–Crippen MR) is 103 cm³/mol. The Hall–Kier alpha value is -2.18. The third-order valence-electron chi connectivity index (χ3n) is 3.81. The highest BCUT2D eigenvalue weighted by atomic mass is 35.5. The number of thioether (sulfide) groups is 1. The van der Waals surface area contributed by atoms with Gasteiger partial charge in [-0.05, 0) is 49.4 Å². The molecule has 1 atom stereocenters. The smallest absolute Gasteiger partial charge is 0.237 e. The van der Waals surface area contributed by atoms with Gasteiger partial charge in [0.05, 0.1) is 23.4 Å². The number of benzene rings is 2. The van der Waals surface area contributed by atoms with Crippen molar-refractivity contribution in [1.82, 2.24) is 9.55 Å². The van der Waals surface area contributed by atoms with E-state index in [0.717, 1.165) is 27.6 Å². The number of anilines is 1. The molecule has 3 aromatic rings. The number of hydrogen-bond acceptors (Lipinski definition) is 4. The lowest BCUT2D eigenvalue weighted by Crippen LogP contribution is -2.22. The second-order valence-corrected chi connectivity index (χ2v) is 7.31. The predicted octanol–water partition coefficient (Wildman–Crippen LogP) is 4.35. The number of nitrogens with zero attached hydrogens (tertiary/aromatic N) is 2. The van der Waals surface area contributed by atoms with E-state index >= 15 is 0 Å². The molecule has 0 fully saturated rings. The first-order chi connectivity index (χ1) is 12.0. The van der Waals surface area contributed by atoms with Gasteiger partial charge in [0.25, 0.3) is 0 Å². The summed E-state index contributed by atoms with van der Waals surface area (Å²) in [4.78, 5) is 17.0. The van der Waals surface area contributed by atoms with Gasteiger partial charge in [0, 0.05) is 17.8 Å². The van der Waals surface area contributed by atoms with Crippen molar-refractivity contribution >= 4 is 46.0 Å². The number of imidazole rings is 1. The van der Waals surface area contributed by atoms with Gasteiger partial charge in [0.1, 0.15) is 5.75 Å². The summed E-state index contributed by atoms with van der Waals surface area (Å²) in [5.74, 6) is 0.666. The molecule has 0 aliphatic carbocycles. The van der Waals surface area contributed by atoms with Crippen LogP contribution in [0.5, 0.6) is 5.75 Å². The Labute approximate surface area is 155 Å². The van der Waals surface area contributed by atoms with Gasteiger partial charge in [0.15, 0.2) is 5.16 Å². The third-order valence-corrected chi connectivity index (χ3v) is 5.19. The lowest BCUT2D eigenvalue weighted by molar-refractivity contribution is -0.115. The molecule has 3 rings (SSSR count). The third kappa shape index (κ3) is 3.91. The Morgan fingerprint density at radius 1 is 1.28 bits per heavy atom. The standard InChI is InChI=1S/C18H18ClN3O2S/c1-11(17(23)20-13-5-7-14(24-3)8-6-13)25-18-21-15-10-12(19)4-9-16(15)22(18)2/h4-11H,1-3H3,(H,20,23). The number of rotatable bonds is 5. The lowest BCUT2D eigenvalue weighted by Gasteiger charge is -2.12. The summed E-state index contributed by atoms with van der Waals surface area (Å²) < 4.78 is 7.08. The van der Waals surface area contributed by atoms with Crippen molar-refractivity contribution in [3.8, 4) is 5.75 Å². The van der Waals surface area contributed by atoms with Crippen molar-refractivity contribution < 1.29 is 9.53 Å². The average Bonchev–Trinajstić information content (AvgIpc) is 2.90. The maximum atomic E-state index is 12.4. The molecule has 0 saturated heterocycles. The quantitative estimate of drug-likeness (QED) is 0.673. The first kappa shape index (κ1) is 17.6. The van der Waals surface area contributed by atoms with Crippen molar-refractivity contribution in [2.24, 2.45) is 7.05 Å². The van der Waals surface area contributed by atoms with Crippen molar-refractivity contribution in [3.63, 3.8) is 0 Å². The maximum absolute atomic E-state index is 12.4. The Bertz CT molecular complexity index is 909. The number of aromatic nitrogens is 2. The summed E-state index contributed by atoms with van der Waals surface area (Å²) in [6, 6.07) is 12.8. The minimum absolute atomic E-state index is 0.0831. The number of amides is 1. The Kier molecular flexibility index (Phi) is 5.20. The van der Waals surface area contributed by atoms with Crippen molar-refractivity contribution in [2.45, 2.75) is 17.3 Å². The van der Waals surface area contributed by atoms with Crippen LogP contribution in [-0.4, -0.2) is 27.8 Å². The molecule has 1 N–H and O–H groups in total. The molecule has 130 valence electrons. The van der Waals surface area contributed by atoms with Crippen LogP contribution in [0.2, 0.25) is 5.02 Å². The average molecular weight is 376 g/mol. The number of aryl methyl sites for hydroxylation is 1. The maximum Gasteiger partial charge on any atom is 0.237 e. The Morgan fingerprint density at radius 3 is 2.68 bits per heavy atom. The minimum atomic E-state index is -0.298. The summed E-state index contributed by atoms with van der Waals surface area (Å²) in [5.41, 5.74) is 2.53. The second kappa shape index (κ2) is 7.37. The van der Waals surface area contributed by atoms with Gasteiger partial charge < -0.3 is 14.6 Å². The molecule has 5 nitrogen and oxygen atoms in total. The zero-order valence-electron chi connectivity index (χ0n) is 14.1. The van der Waals surface area contributed by atoms with E-state index < -0.39 is 0 Å². The van der Waals surface area contributed by atoms with Crippen LogP contribution in [0.15, 0.2) is 47.6 Å². The van der Waals surface area contributed by atoms with Crippen molar-refractivity contribution in [2.75, 3.05) is 12.4 Å². The van der Waals surface area contributed by atoms with E-state index in [1.165, 1.54) is 11.8 Å². The first-order valence-electron chi connectivity index (χ1n) is 7.71. The fourth-order valence-corrected chi connectivity index (χ4v) is 3.44.